The third-order valence-corrected chi connectivity index (χ3v) is 0.158. The molecule has 0 spiro atoms. The van der Waals surface area contributed by atoms with Crippen LogP contribution in [0.3, 0.4) is 0 Å². The molecule has 0 atom stereocenters. The van der Waals surface area contributed by atoms with E-state index < -0.39 is 0 Å². The summed E-state index contributed by atoms with van der Waals surface area (Å²) >= 11 is 0. The van der Waals surface area contributed by atoms with Gasteiger partial charge >= 0.3 is 0 Å². The summed E-state index contributed by atoms with van der Waals surface area (Å²) in [5.41, 5.74) is 0. The van der Waals surface area contributed by atoms with Crippen molar-refractivity contribution in [2.24, 2.45) is 4.99 Å². The van der Waals surface area contributed by atoms with E-state index in [1.165, 1.54) is 0 Å². The van der Waals surface area contributed by atoms with Gasteiger partial charge in [-0.25, -0.2) is 4.99 Å². The first-order valence-corrected chi connectivity index (χ1v) is 2.02. The van der Waals surface area contributed by atoms with Crippen molar-refractivity contribution in [2.75, 3.05) is 7.05 Å². The van der Waals surface area contributed by atoms with E-state index >= 15 is 0 Å². The Balaban J connectivity index is 0. The summed E-state index contributed by atoms with van der Waals surface area (Å²) in [5.74, 6) is 2.31. The fourth-order valence-electron chi connectivity index (χ4n) is 0. The Hall–Kier alpha value is -0.550. The van der Waals surface area contributed by atoms with Gasteiger partial charge in [-0.2, -0.15) is 0 Å². The molecule has 6 heavy (non-hydrogen) atoms. The van der Waals surface area contributed by atoms with Crippen molar-refractivity contribution in [2.45, 2.75) is 13.8 Å². The molecule has 1 nitrogen and oxygen atoms in total. The van der Waals surface area contributed by atoms with Gasteiger partial charge in [0, 0.05) is 7.05 Å². The fourth-order valence-corrected chi connectivity index (χ4v) is 0. The lowest BCUT2D eigenvalue weighted by Crippen LogP contribution is -1.35. The van der Waals surface area contributed by atoms with E-state index in [1.54, 1.807) is 7.05 Å². The molecule has 0 aromatic rings. The molecule has 0 aromatic heterocycles. The van der Waals surface area contributed by atoms with E-state index in [0.29, 0.717) is 0 Å². The molecule has 0 heterocycles. The van der Waals surface area contributed by atoms with Gasteiger partial charge in [0.1, 0.15) is 0 Å². The highest BCUT2D eigenvalue weighted by Crippen LogP contribution is 1.29. The van der Waals surface area contributed by atoms with Crippen molar-refractivity contribution in [3.63, 3.8) is 0 Å². The maximum atomic E-state index is 3.38. The Kier molecular flexibility index (Phi) is 38.1. The largest absolute Gasteiger partial charge is 0.247 e. The minimum absolute atomic E-state index is 1.63. The van der Waals surface area contributed by atoms with Crippen LogP contribution in [-0.2, 0) is 0 Å². The van der Waals surface area contributed by atoms with Crippen molar-refractivity contribution in [1.82, 2.24) is 0 Å². The summed E-state index contributed by atoms with van der Waals surface area (Å²) in [6.07, 6.45) is 0. The van der Waals surface area contributed by atoms with Gasteiger partial charge in [0.15, 0.2) is 0 Å². The van der Waals surface area contributed by atoms with Crippen LogP contribution in [0.25, 0.3) is 0 Å². The standard InChI is InChI=1S/C3H5N.C2H6/c1-3-4-2;1-2/h1H2,2H3;1-2H3. The van der Waals surface area contributed by atoms with Gasteiger partial charge in [-0.1, -0.05) is 13.8 Å². The van der Waals surface area contributed by atoms with Crippen molar-refractivity contribution < 1.29 is 0 Å². The lowest BCUT2D eigenvalue weighted by Gasteiger charge is -1.42. The van der Waals surface area contributed by atoms with E-state index in [-0.39, 0.29) is 0 Å². The summed E-state index contributed by atoms with van der Waals surface area (Å²) in [5, 5.41) is 0. The maximum absolute atomic E-state index is 3.38. The molecule has 0 bridgehead atoms. The quantitative estimate of drug-likeness (QED) is 0.395. The lowest BCUT2D eigenvalue weighted by molar-refractivity contribution is 1.49. The molecular weight excluding hydrogens is 74.1 g/mol. The monoisotopic (exact) mass is 85.1 g/mol. The van der Waals surface area contributed by atoms with Gasteiger partial charge in [0.25, 0.3) is 0 Å². The molecule has 0 aromatic carbocycles. The molecule has 0 N–H and O–H groups in total. The predicted octanol–water partition coefficient (Wildman–Crippen LogP) is 1.50. The van der Waals surface area contributed by atoms with Gasteiger partial charge in [-0.05, 0) is 12.4 Å². The molecular formula is C5H11N. The molecule has 0 radical (unpaired) electrons. The van der Waals surface area contributed by atoms with Crippen molar-refractivity contribution >= 4 is 5.87 Å². The molecule has 0 aliphatic heterocycles. The second-order valence-corrected chi connectivity index (χ2v) is 0.382. The zero-order chi connectivity index (χ0) is 5.41. The number of nitrogens with zero attached hydrogens (tertiary/aromatic N) is 1. The lowest BCUT2D eigenvalue weighted by atomic mass is 11.0. The molecule has 0 amide bonds. The van der Waals surface area contributed by atoms with Crippen LogP contribution in [0, 0.1) is 0 Å². The molecule has 0 aliphatic rings. The highest BCUT2D eigenvalue weighted by Gasteiger charge is 1.21. The fraction of sp³-hybridized carbons (Fsp3) is 0.600. The number of hydrogen-bond donors (Lipinski definition) is 0. The number of aliphatic imine (C=N–C) groups is 1. The normalized spacial score (nSPS) is 3.83. The molecule has 0 unspecified atom stereocenters. The Bertz CT molecular complexity index is 41.9. The summed E-state index contributed by atoms with van der Waals surface area (Å²) < 4.78 is 0. The molecule has 0 saturated carbocycles. The SMILES string of the molecule is C=C=NC.CC. The van der Waals surface area contributed by atoms with Crippen LogP contribution in [0.2, 0.25) is 0 Å². The van der Waals surface area contributed by atoms with Gasteiger partial charge in [0.2, 0.25) is 0 Å². The van der Waals surface area contributed by atoms with Crippen LogP contribution in [0.5, 0.6) is 0 Å². The third kappa shape index (κ3) is 102. The Morgan fingerprint density at radius 3 is 1.67 bits per heavy atom. The van der Waals surface area contributed by atoms with Gasteiger partial charge in [-0.3, -0.25) is 0 Å². The molecule has 0 aliphatic carbocycles. The van der Waals surface area contributed by atoms with Crippen molar-refractivity contribution in [1.29, 1.82) is 0 Å². The van der Waals surface area contributed by atoms with Crippen LogP contribution in [-0.4, -0.2) is 12.9 Å². The predicted molar refractivity (Wildman–Crippen MR) is 30.3 cm³/mol. The molecule has 1 heteroatoms. The van der Waals surface area contributed by atoms with E-state index in [4.69, 9.17) is 0 Å². The second kappa shape index (κ2) is 25.2. The maximum Gasteiger partial charge on any atom is 0.0371 e. The highest BCUT2D eigenvalue weighted by atomic mass is 14.6. The van der Waals surface area contributed by atoms with Gasteiger partial charge < -0.3 is 0 Å². The van der Waals surface area contributed by atoms with Crippen LogP contribution < -0.4 is 0 Å². The Morgan fingerprint density at radius 2 is 1.67 bits per heavy atom. The summed E-state index contributed by atoms with van der Waals surface area (Å²) in [6.45, 7) is 7.19. The number of rotatable bonds is 0. The molecule has 0 rings (SSSR count). The average molecular weight is 85.1 g/mol. The highest BCUT2D eigenvalue weighted by molar-refractivity contribution is 5.45. The minimum atomic E-state index is 1.63. The van der Waals surface area contributed by atoms with E-state index in [1.807, 2.05) is 13.8 Å². The van der Waals surface area contributed by atoms with Crippen molar-refractivity contribution in [3.05, 3.63) is 6.58 Å². The second-order valence-electron chi connectivity index (χ2n) is 0.382. The van der Waals surface area contributed by atoms with E-state index in [9.17, 15) is 0 Å². The smallest absolute Gasteiger partial charge is 0.0371 e. The molecule has 36 valence electrons. The van der Waals surface area contributed by atoms with Gasteiger partial charge in [0.05, 0.1) is 0 Å². The van der Waals surface area contributed by atoms with Gasteiger partial charge in [-0.15, -0.1) is 0 Å². The first kappa shape index (κ1) is 9.07. The van der Waals surface area contributed by atoms with Crippen LogP contribution in [0.1, 0.15) is 13.8 Å². The topological polar surface area (TPSA) is 12.4 Å². The third-order valence-electron chi connectivity index (χ3n) is 0.158. The van der Waals surface area contributed by atoms with E-state index in [2.05, 4.69) is 17.4 Å². The number of hydrogen-bond acceptors (Lipinski definition) is 1. The van der Waals surface area contributed by atoms with Crippen LogP contribution >= 0.6 is 0 Å². The average Bonchev–Trinajstić information content (AvgIpc) is 1.72. The Morgan fingerprint density at radius 1 is 1.50 bits per heavy atom. The summed E-state index contributed by atoms with van der Waals surface area (Å²) in [6, 6.07) is 0. The van der Waals surface area contributed by atoms with Crippen LogP contribution in [0.4, 0.5) is 0 Å². The summed E-state index contributed by atoms with van der Waals surface area (Å²) in [7, 11) is 1.63. The zero-order valence-corrected chi connectivity index (χ0v) is 4.65. The Labute approximate surface area is 39.4 Å². The minimum Gasteiger partial charge on any atom is -0.247 e. The van der Waals surface area contributed by atoms with E-state index in [0.717, 1.165) is 0 Å². The molecule has 0 fully saturated rings. The zero-order valence-electron chi connectivity index (χ0n) is 4.65. The summed E-state index contributed by atoms with van der Waals surface area (Å²) in [4.78, 5) is 3.38. The molecule has 0 saturated heterocycles. The van der Waals surface area contributed by atoms with Crippen molar-refractivity contribution in [3.8, 4) is 0 Å². The first-order valence-electron chi connectivity index (χ1n) is 2.02. The first-order chi connectivity index (χ1) is 2.91. The van der Waals surface area contributed by atoms with Crippen LogP contribution in [0.15, 0.2) is 11.6 Å².